The Morgan fingerprint density at radius 1 is 0.864 bits per heavy atom. The molecule has 0 radical (unpaired) electrons. The van der Waals surface area contributed by atoms with Crippen molar-refractivity contribution in [1.29, 1.82) is 0 Å². The number of halogens is 1. The standard InChI is InChI=1S/C45H52FN5O7S/c1-45(2,3)30-26-38(43(57-5)39(27-30)50-59(6,54)55)49-44(53)48-37-15-16-41(35-11-8-7-10-34(35)37)58-33-17-20-47-32(28-33)24-29-13-14-36(42(25-29)56-4)40(52)12-9-21-51-22-18-31(46)19-23-51/h7-8,10-11,13-17,20,25-28,31,50H,9,12,18-19,21-24H2,1-6H3,(H2,48,49,53). The fourth-order valence-corrected chi connectivity index (χ4v) is 7.70. The highest BCUT2D eigenvalue weighted by atomic mass is 32.2. The van der Waals surface area contributed by atoms with E-state index in [1.807, 2.05) is 63.2 Å². The summed E-state index contributed by atoms with van der Waals surface area (Å²) in [5.74, 6) is 1.83. The largest absolute Gasteiger partial charge is 0.496 e. The van der Waals surface area contributed by atoms with E-state index in [9.17, 15) is 22.4 Å². The highest BCUT2D eigenvalue weighted by molar-refractivity contribution is 7.92. The highest BCUT2D eigenvalue weighted by Gasteiger charge is 2.23. The molecule has 0 aliphatic carbocycles. The van der Waals surface area contributed by atoms with Gasteiger partial charge in [0, 0.05) is 54.7 Å². The Labute approximate surface area is 345 Å². The molecule has 0 spiro atoms. The number of pyridine rings is 1. The summed E-state index contributed by atoms with van der Waals surface area (Å²) in [5, 5.41) is 7.26. The van der Waals surface area contributed by atoms with Crippen molar-refractivity contribution in [2.24, 2.45) is 0 Å². The molecule has 59 heavy (non-hydrogen) atoms. The third-order valence-electron chi connectivity index (χ3n) is 10.2. The number of anilines is 3. The number of carbonyl (C=O) groups is 2. The Morgan fingerprint density at radius 2 is 1.58 bits per heavy atom. The molecule has 5 aromatic rings. The van der Waals surface area contributed by atoms with Crippen molar-refractivity contribution in [3.8, 4) is 23.0 Å². The number of ether oxygens (including phenoxy) is 3. The molecule has 2 amide bonds. The van der Waals surface area contributed by atoms with E-state index in [2.05, 4.69) is 25.2 Å². The van der Waals surface area contributed by atoms with Gasteiger partial charge in [-0.3, -0.25) is 14.5 Å². The number of alkyl halides is 1. The van der Waals surface area contributed by atoms with Crippen molar-refractivity contribution >= 4 is 49.7 Å². The summed E-state index contributed by atoms with van der Waals surface area (Å²) in [6, 6.07) is 23.2. The van der Waals surface area contributed by atoms with Crippen molar-refractivity contribution in [2.45, 2.75) is 64.5 Å². The normalized spacial score (nSPS) is 13.8. The summed E-state index contributed by atoms with van der Waals surface area (Å²) in [7, 11) is -0.680. The minimum Gasteiger partial charge on any atom is -0.496 e. The lowest BCUT2D eigenvalue weighted by molar-refractivity contribution is 0.0963. The number of ketones is 1. The van der Waals surface area contributed by atoms with Crippen LogP contribution >= 0.6 is 0 Å². The molecular formula is C45H52FN5O7S. The zero-order valence-electron chi connectivity index (χ0n) is 34.4. The van der Waals surface area contributed by atoms with Gasteiger partial charge in [-0.15, -0.1) is 0 Å². The maximum absolute atomic E-state index is 13.5. The maximum Gasteiger partial charge on any atom is 0.323 e. The number of urea groups is 1. The Hall–Kier alpha value is -5.73. The molecule has 2 heterocycles. The van der Waals surface area contributed by atoms with Gasteiger partial charge in [-0.2, -0.15) is 0 Å². The van der Waals surface area contributed by atoms with Crippen LogP contribution in [-0.4, -0.2) is 76.4 Å². The Kier molecular flexibility index (Phi) is 13.4. The first kappa shape index (κ1) is 42.9. The molecule has 0 atom stereocenters. The highest BCUT2D eigenvalue weighted by Crippen LogP contribution is 2.40. The number of benzene rings is 4. The van der Waals surface area contributed by atoms with E-state index in [-0.39, 0.29) is 22.6 Å². The fraction of sp³-hybridized carbons (Fsp3) is 0.356. The average Bonchev–Trinajstić information content (AvgIpc) is 3.18. The number of nitrogens with one attached hydrogen (secondary N) is 3. The van der Waals surface area contributed by atoms with Crippen LogP contribution in [0.2, 0.25) is 0 Å². The van der Waals surface area contributed by atoms with Crippen molar-refractivity contribution in [1.82, 2.24) is 9.88 Å². The fourth-order valence-electron chi connectivity index (χ4n) is 7.15. The summed E-state index contributed by atoms with van der Waals surface area (Å²) in [5.41, 5.74) is 3.65. The van der Waals surface area contributed by atoms with E-state index in [0.29, 0.717) is 66.3 Å². The van der Waals surface area contributed by atoms with Crippen LogP contribution in [-0.2, 0) is 21.9 Å². The predicted molar refractivity (Wildman–Crippen MR) is 231 cm³/mol. The first-order valence-electron chi connectivity index (χ1n) is 19.6. The topological polar surface area (TPSA) is 148 Å². The molecule has 1 fully saturated rings. The Bertz CT molecular complexity index is 2430. The number of carbonyl (C=O) groups excluding carboxylic acids is 2. The zero-order chi connectivity index (χ0) is 42.3. The van der Waals surface area contributed by atoms with Crippen molar-refractivity contribution in [2.75, 3.05) is 55.5 Å². The zero-order valence-corrected chi connectivity index (χ0v) is 35.2. The van der Waals surface area contributed by atoms with Gasteiger partial charge in [0.2, 0.25) is 10.0 Å². The van der Waals surface area contributed by atoms with E-state index in [1.54, 1.807) is 49.7 Å². The van der Waals surface area contributed by atoms with Gasteiger partial charge in [-0.1, -0.05) is 51.1 Å². The molecule has 1 aliphatic heterocycles. The van der Waals surface area contributed by atoms with Gasteiger partial charge in [0.15, 0.2) is 11.5 Å². The number of methoxy groups -OCH3 is 2. The molecule has 312 valence electrons. The molecule has 1 aliphatic rings. The van der Waals surface area contributed by atoms with E-state index < -0.39 is 22.2 Å². The van der Waals surface area contributed by atoms with Crippen molar-refractivity contribution in [3.05, 3.63) is 107 Å². The number of hydrogen-bond donors (Lipinski definition) is 3. The molecule has 12 nitrogen and oxygen atoms in total. The number of rotatable bonds is 15. The molecule has 1 saturated heterocycles. The summed E-state index contributed by atoms with van der Waals surface area (Å²) < 4.78 is 57.9. The van der Waals surface area contributed by atoms with Crippen LogP contribution in [0.25, 0.3) is 10.8 Å². The van der Waals surface area contributed by atoms with Crippen LogP contribution < -0.4 is 29.6 Å². The average molecular weight is 826 g/mol. The molecule has 3 N–H and O–H groups in total. The molecule has 4 aromatic carbocycles. The summed E-state index contributed by atoms with van der Waals surface area (Å²) in [6.45, 7) is 8.19. The van der Waals surface area contributed by atoms with E-state index >= 15 is 0 Å². The lowest BCUT2D eigenvalue weighted by Crippen LogP contribution is -2.35. The van der Waals surface area contributed by atoms with Crippen LogP contribution in [0, 0.1) is 0 Å². The minimum absolute atomic E-state index is 0.0144. The SMILES string of the molecule is COc1cc(Cc2cc(Oc3ccc(NC(=O)Nc4cc(C(C)(C)C)cc(NS(C)(=O)=O)c4OC)c4ccccc34)ccn2)ccc1C(=O)CCCN1CCC(F)CC1. The molecular weight excluding hydrogens is 774 g/mol. The minimum atomic E-state index is -3.64. The third kappa shape index (κ3) is 11.3. The third-order valence-corrected chi connectivity index (χ3v) is 10.8. The molecule has 0 bridgehead atoms. The van der Waals surface area contributed by atoms with Gasteiger partial charge in [0.05, 0.1) is 43.1 Å². The quantitative estimate of drug-likeness (QED) is 0.0879. The van der Waals surface area contributed by atoms with Gasteiger partial charge in [0.1, 0.15) is 23.4 Å². The molecule has 1 aromatic heterocycles. The predicted octanol–water partition coefficient (Wildman–Crippen LogP) is 9.34. The first-order valence-corrected chi connectivity index (χ1v) is 21.5. The second-order valence-electron chi connectivity index (χ2n) is 15.8. The monoisotopic (exact) mass is 825 g/mol. The van der Waals surface area contributed by atoms with Crippen LogP contribution in [0.3, 0.4) is 0 Å². The second-order valence-corrected chi connectivity index (χ2v) is 17.6. The van der Waals surface area contributed by atoms with Crippen molar-refractivity contribution < 1.29 is 36.6 Å². The van der Waals surface area contributed by atoms with Gasteiger partial charge >= 0.3 is 6.03 Å². The van der Waals surface area contributed by atoms with Crippen LogP contribution in [0.1, 0.15) is 73.6 Å². The van der Waals surface area contributed by atoms with E-state index in [4.69, 9.17) is 14.2 Å². The van der Waals surface area contributed by atoms with Crippen molar-refractivity contribution in [3.63, 3.8) is 0 Å². The van der Waals surface area contributed by atoms with E-state index in [0.717, 1.165) is 53.5 Å². The molecule has 0 unspecified atom stereocenters. The van der Waals surface area contributed by atoms with Gasteiger partial charge in [-0.25, -0.2) is 17.6 Å². The van der Waals surface area contributed by atoms with Gasteiger partial charge in [0.25, 0.3) is 0 Å². The van der Waals surface area contributed by atoms with Crippen LogP contribution in [0.15, 0.2) is 85.1 Å². The lowest BCUT2D eigenvalue weighted by Gasteiger charge is -2.28. The second kappa shape index (κ2) is 18.5. The number of piperidine rings is 1. The number of aromatic nitrogens is 1. The smallest absolute Gasteiger partial charge is 0.323 e. The van der Waals surface area contributed by atoms with E-state index in [1.165, 1.54) is 7.11 Å². The number of sulfonamides is 1. The number of Topliss-reactive ketones (excluding diaryl/α,β-unsaturated/α-hetero) is 1. The Balaban J connectivity index is 1.14. The van der Waals surface area contributed by atoms with Gasteiger partial charge < -0.3 is 29.7 Å². The molecule has 0 saturated carbocycles. The number of likely N-dealkylation sites (tertiary alicyclic amines) is 1. The number of fused-ring (bicyclic) bond motifs is 1. The first-order chi connectivity index (χ1) is 28.1. The Morgan fingerprint density at radius 3 is 2.27 bits per heavy atom. The molecule has 6 rings (SSSR count). The maximum atomic E-state index is 13.5. The summed E-state index contributed by atoms with van der Waals surface area (Å²) >= 11 is 0. The number of amides is 2. The number of hydrogen-bond acceptors (Lipinski definition) is 9. The summed E-state index contributed by atoms with van der Waals surface area (Å²) in [4.78, 5) is 33.4. The van der Waals surface area contributed by atoms with Gasteiger partial charge in [-0.05, 0) is 84.8 Å². The summed E-state index contributed by atoms with van der Waals surface area (Å²) in [6.07, 6.45) is 4.70. The lowest BCUT2D eigenvalue weighted by atomic mass is 9.86. The molecule has 14 heteroatoms. The van der Waals surface area contributed by atoms with Crippen LogP contribution in [0.5, 0.6) is 23.0 Å². The van der Waals surface area contributed by atoms with Crippen LogP contribution in [0.4, 0.5) is 26.2 Å². The number of nitrogens with zero attached hydrogens (tertiary/aromatic N) is 2.